The number of pyridine rings is 1. The van der Waals surface area contributed by atoms with Crippen molar-refractivity contribution in [2.45, 2.75) is 0 Å². The molecular weight excluding hydrogens is 270 g/mol. The van der Waals surface area contributed by atoms with Crippen LogP contribution in [-0.4, -0.2) is 24.6 Å². The van der Waals surface area contributed by atoms with E-state index in [1.807, 2.05) is 42.5 Å². The molecule has 0 radical (unpaired) electrons. The average Bonchev–Trinajstić information content (AvgIpc) is 2.94. The summed E-state index contributed by atoms with van der Waals surface area (Å²) < 4.78 is 2.16. The second-order valence-corrected chi connectivity index (χ2v) is 4.72. The van der Waals surface area contributed by atoms with Gasteiger partial charge >= 0.3 is 0 Å². The fourth-order valence-corrected chi connectivity index (χ4v) is 2.42. The molecule has 0 unspecified atom stereocenters. The molecule has 5 nitrogen and oxygen atoms in total. The van der Waals surface area contributed by atoms with Gasteiger partial charge in [0.25, 0.3) is 0 Å². The number of hydrogen-bond donors (Lipinski definition) is 1. The average molecular weight is 279 g/mol. The van der Waals surface area contributed by atoms with Gasteiger partial charge in [-0.1, -0.05) is 18.2 Å². The second-order valence-electron chi connectivity index (χ2n) is 4.36. The number of benzene rings is 1. The number of nitrogens with one attached hydrogen (secondary N) is 1. The summed E-state index contributed by atoms with van der Waals surface area (Å²) in [5, 5.41) is 4.11. The summed E-state index contributed by atoms with van der Waals surface area (Å²) in [7, 11) is 0. The lowest BCUT2D eigenvalue weighted by atomic mass is 10.2. The Morgan fingerprint density at radius 3 is 2.70 bits per heavy atom. The van der Waals surface area contributed by atoms with Crippen molar-refractivity contribution >= 4 is 28.8 Å². The highest BCUT2D eigenvalue weighted by Crippen LogP contribution is 2.19. The largest absolute Gasteiger partial charge is 0.272 e. The van der Waals surface area contributed by atoms with Gasteiger partial charge in [0.05, 0.1) is 5.52 Å². The van der Waals surface area contributed by atoms with E-state index in [9.17, 15) is 0 Å². The third kappa shape index (κ3) is 1.62. The maximum Gasteiger partial charge on any atom is 0.221 e. The summed E-state index contributed by atoms with van der Waals surface area (Å²) in [5.41, 5.74) is 2.38. The predicted molar refractivity (Wildman–Crippen MR) is 78.9 cm³/mol. The molecule has 0 amide bonds. The summed E-state index contributed by atoms with van der Waals surface area (Å²) in [6.07, 6.45) is 1.73. The summed E-state index contributed by atoms with van der Waals surface area (Å²) in [4.78, 5) is 13.3. The molecule has 0 aliphatic rings. The zero-order chi connectivity index (χ0) is 13.5. The highest BCUT2D eigenvalue weighted by atomic mass is 32.1. The number of rotatable bonds is 1. The summed E-state index contributed by atoms with van der Waals surface area (Å²) in [6.45, 7) is 0. The second kappa shape index (κ2) is 4.21. The summed E-state index contributed by atoms with van der Waals surface area (Å²) in [5.74, 6) is 0.676. The first-order valence-corrected chi connectivity index (χ1v) is 6.53. The molecule has 1 aromatic carbocycles. The first-order valence-electron chi connectivity index (χ1n) is 6.12. The molecule has 0 spiro atoms. The number of H-pyrrole nitrogens is 1. The zero-order valence-corrected chi connectivity index (χ0v) is 11.1. The molecule has 4 rings (SSSR count). The Labute approximate surface area is 118 Å². The maximum absolute atomic E-state index is 5.30. The molecule has 96 valence electrons. The van der Waals surface area contributed by atoms with E-state index in [-0.39, 0.29) is 0 Å². The molecule has 0 saturated heterocycles. The van der Waals surface area contributed by atoms with E-state index in [0.29, 0.717) is 10.6 Å². The molecular formula is C14H9N5S. The van der Waals surface area contributed by atoms with E-state index >= 15 is 0 Å². The van der Waals surface area contributed by atoms with Crippen LogP contribution in [-0.2, 0) is 0 Å². The number of hydrogen-bond acceptors (Lipinski definition) is 4. The highest BCUT2D eigenvalue weighted by molar-refractivity contribution is 7.71. The van der Waals surface area contributed by atoms with Crippen molar-refractivity contribution in [2.24, 2.45) is 0 Å². The van der Waals surface area contributed by atoms with Crippen LogP contribution < -0.4 is 0 Å². The lowest BCUT2D eigenvalue weighted by molar-refractivity contribution is 0.916. The van der Waals surface area contributed by atoms with Crippen LogP contribution in [0.1, 0.15) is 0 Å². The number of fused-ring (bicyclic) bond motifs is 3. The van der Waals surface area contributed by atoms with Crippen LogP contribution in [0.15, 0.2) is 48.7 Å². The molecule has 0 aliphatic heterocycles. The Kier molecular flexibility index (Phi) is 2.37. The van der Waals surface area contributed by atoms with Gasteiger partial charge in [-0.25, -0.2) is 14.5 Å². The van der Waals surface area contributed by atoms with Crippen LogP contribution in [0.3, 0.4) is 0 Å². The monoisotopic (exact) mass is 279 g/mol. The topological polar surface area (TPSA) is 58.9 Å². The van der Waals surface area contributed by atoms with Crippen molar-refractivity contribution in [3.8, 4) is 11.5 Å². The first kappa shape index (κ1) is 11.2. The van der Waals surface area contributed by atoms with Crippen LogP contribution in [0.25, 0.3) is 28.1 Å². The van der Waals surface area contributed by atoms with E-state index in [4.69, 9.17) is 12.2 Å². The van der Waals surface area contributed by atoms with Crippen molar-refractivity contribution in [1.82, 2.24) is 24.6 Å². The van der Waals surface area contributed by atoms with Crippen molar-refractivity contribution < 1.29 is 0 Å². The molecule has 0 fully saturated rings. The van der Waals surface area contributed by atoms with E-state index in [1.54, 1.807) is 10.7 Å². The van der Waals surface area contributed by atoms with Crippen molar-refractivity contribution in [3.05, 3.63) is 53.4 Å². The zero-order valence-electron chi connectivity index (χ0n) is 10.3. The minimum atomic E-state index is 0.452. The molecule has 0 atom stereocenters. The summed E-state index contributed by atoms with van der Waals surface area (Å²) >= 11 is 5.30. The number of nitrogens with zero attached hydrogens (tertiary/aromatic N) is 4. The molecule has 0 aliphatic carbocycles. The van der Waals surface area contributed by atoms with E-state index in [1.165, 1.54) is 0 Å². The van der Waals surface area contributed by atoms with Crippen LogP contribution in [0.4, 0.5) is 0 Å². The Balaban J connectivity index is 2.11. The van der Waals surface area contributed by atoms with Crippen LogP contribution in [0, 0.1) is 4.77 Å². The van der Waals surface area contributed by atoms with Gasteiger partial charge < -0.3 is 0 Å². The number of para-hydroxylation sites is 1. The standard InChI is InChI=1S/C14H9N5S/c20-14-16-10-6-2-1-5-9(10)13-17-12(18-19(13)14)11-7-3-4-8-15-11/h1-8H,(H,17,18). The smallest absolute Gasteiger partial charge is 0.221 e. The van der Waals surface area contributed by atoms with Gasteiger partial charge in [0.2, 0.25) is 4.77 Å². The molecule has 3 aromatic heterocycles. The Morgan fingerprint density at radius 1 is 1.00 bits per heavy atom. The fourth-order valence-electron chi connectivity index (χ4n) is 2.19. The Hall–Kier alpha value is -2.60. The summed E-state index contributed by atoms with van der Waals surface area (Å²) in [6, 6.07) is 13.5. The molecule has 1 N–H and O–H groups in total. The normalized spacial score (nSPS) is 11.2. The van der Waals surface area contributed by atoms with Gasteiger partial charge in [-0.05, 0) is 36.5 Å². The van der Waals surface area contributed by atoms with Crippen molar-refractivity contribution in [2.75, 3.05) is 0 Å². The third-order valence-electron chi connectivity index (χ3n) is 3.11. The van der Waals surface area contributed by atoms with Gasteiger partial charge in [-0.3, -0.25) is 10.1 Å². The van der Waals surface area contributed by atoms with E-state index in [0.717, 1.165) is 22.2 Å². The lowest BCUT2D eigenvalue weighted by Gasteiger charge is -1.97. The van der Waals surface area contributed by atoms with E-state index in [2.05, 4.69) is 20.1 Å². The Morgan fingerprint density at radius 2 is 1.85 bits per heavy atom. The van der Waals surface area contributed by atoms with Crippen LogP contribution in [0.2, 0.25) is 0 Å². The third-order valence-corrected chi connectivity index (χ3v) is 3.38. The quantitative estimate of drug-likeness (QED) is 0.544. The number of aromatic nitrogens is 5. The molecule has 0 saturated carbocycles. The van der Waals surface area contributed by atoms with E-state index < -0.39 is 0 Å². The molecule has 0 bridgehead atoms. The predicted octanol–water partition coefficient (Wildman–Crippen LogP) is 3.00. The van der Waals surface area contributed by atoms with Crippen molar-refractivity contribution in [3.63, 3.8) is 0 Å². The number of aromatic amines is 1. The van der Waals surface area contributed by atoms with Crippen LogP contribution in [0.5, 0.6) is 0 Å². The van der Waals surface area contributed by atoms with Gasteiger partial charge in [-0.2, -0.15) is 0 Å². The first-order chi connectivity index (χ1) is 9.83. The van der Waals surface area contributed by atoms with Crippen molar-refractivity contribution in [1.29, 1.82) is 0 Å². The Bertz CT molecular complexity index is 971. The molecule has 3 heterocycles. The maximum atomic E-state index is 5.30. The molecule has 4 aromatic rings. The van der Waals surface area contributed by atoms with Gasteiger partial charge in [0, 0.05) is 11.6 Å². The van der Waals surface area contributed by atoms with Gasteiger partial charge in [0.15, 0.2) is 11.5 Å². The highest BCUT2D eigenvalue weighted by Gasteiger charge is 2.10. The minimum absolute atomic E-state index is 0.452. The SMILES string of the molecule is S=c1nc2ccccc2c2nc(-c3ccccn3)[nH]n12. The molecule has 6 heteroatoms. The minimum Gasteiger partial charge on any atom is -0.272 e. The molecule has 20 heavy (non-hydrogen) atoms. The van der Waals surface area contributed by atoms with Gasteiger partial charge in [0.1, 0.15) is 5.69 Å². The van der Waals surface area contributed by atoms with Crippen LogP contribution >= 0.6 is 12.2 Å². The lowest BCUT2D eigenvalue weighted by Crippen LogP contribution is -1.94. The van der Waals surface area contributed by atoms with Gasteiger partial charge in [-0.15, -0.1) is 0 Å². The fraction of sp³-hybridized carbons (Fsp3) is 0.